The van der Waals surface area contributed by atoms with E-state index >= 15 is 0 Å². The van der Waals surface area contributed by atoms with Crippen LogP contribution >= 0.6 is 0 Å². The summed E-state index contributed by atoms with van der Waals surface area (Å²) in [6.45, 7) is 4.57. The van der Waals surface area contributed by atoms with Crippen LogP contribution in [0.3, 0.4) is 0 Å². The first kappa shape index (κ1) is 18.1. The molecule has 0 unspecified atom stereocenters. The molecule has 0 bridgehead atoms. The Labute approximate surface area is 152 Å². The van der Waals surface area contributed by atoms with E-state index in [9.17, 15) is 14.7 Å². The molecule has 26 heavy (non-hydrogen) atoms. The second-order valence-corrected chi connectivity index (χ2v) is 7.05. The Morgan fingerprint density at radius 2 is 1.85 bits per heavy atom. The molecule has 0 saturated carbocycles. The summed E-state index contributed by atoms with van der Waals surface area (Å²) in [7, 11) is 0. The summed E-state index contributed by atoms with van der Waals surface area (Å²) in [5.41, 5.74) is 0.610. The van der Waals surface area contributed by atoms with E-state index < -0.39 is 17.4 Å². The van der Waals surface area contributed by atoms with Crippen molar-refractivity contribution in [2.24, 2.45) is 5.92 Å². The van der Waals surface area contributed by atoms with Crippen LogP contribution in [0.25, 0.3) is 0 Å². The summed E-state index contributed by atoms with van der Waals surface area (Å²) in [6.07, 6.45) is 1.69. The summed E-state index contributed by atoms with van der Waals surface area (Å²) in [5, 5.41) is 14.3. The zero-order valence-corrected chi connectivity index (χ0v) is 15.2. The van der Waals surface area contributed by atoms with E-state index in [0.717, 1.165) is 5.69 Å². The summed E-state index contributed by atoms with van der Waals surface area (Å²) in [4.78, 5) is 24.9. The minimum Gasteiger partial charge on any atom is -0.469 e. The Hall–Kier alpha value is -2.66. The number of aliphatic hydroxyl groups is 1. The van der Waals surface area contributed by atoms with Crippen LogP contribution in [-0.2, 0) is 9.59 Å². The number of ketones is 2. The maximum atomic E-state index is 12.6. The third-order valence-corrected chi connectivity index (χ3v) is 4.91. The van der Waals surface area contributed by atoms with Crippen molar-refractivity contribution in [1.82, 2.24) is 0 Å². The lowest BCUT2D eigenvalue weighted by molar-refractivity contribution is -0.131. The van der Waals surface area contributed by atoms with Crippen molar-refractivity contribution < 1.29 is 19.1 Å². The minimum atomic E-state index is -1.31. The number of hydrogen-bond acceptors (Lipinski definition) is 5. The molecule has 5 nitrogen and oxygen atoms in total. The SMILES string of the molecule is CC(=O)C1=C(Nc2ccccc2)C[C@](C)(O)[C@H](C(C)=O)[C@@H]1c1ccco1. The standard InChI is InChI=1S/C21H23NO4/c1-13(23)18-16(22-15-8-5-4-6-9-15)12-21(3,25)20(14(2)24)19(18)17-10-7-11-26-17/h4-11,19-20,22,25H,12H2,1-3H3/t19-,20-,21+/m1/s1. The Kier molecular flexibility index (Phi) is 4.83. The maximum Gasteiger partial charge on any atom is 0.158 e. The van der Waals surface area contributed by atoms with Crippen LogP contribution < -0.4 is 5.32 Å². The highest BCUT2D eigenvalue weighted by molar-refractivity contribution is 5.98. The number of hydrogen-bond donors (Lipinski definition) is 2. The van der Waals surface area contributed by atoms with Crippen LogP contribution in [0, 0.1) is 5.92 Å². The van der Waals surface area contributed by atoms with Crippen LogP contribution in [-0.4, -0.2) is 22.3 Å². The fraction of sp³-hybridized carbons (Fsp3) is 0.333. The monoisotopic (exact) mass is 353 g/mol. The van der Waals surface area contributed by atoms with Crippen LogP contribution in [0.15, 0.2) is 64.4 Å². The van der Waals surface area contributed by atoms with Gasteiger partial charge < -0.3 is 14.8 Å². The molecule has 0 aliphatic heterocycles. The Morgan fingerprint density at radius 1 is 1.15 bits per heavy atom. The molecule has 3 rings (SSSR count). The Morgan fingerprint density at radius 3 is 2.38 bits per heavy atom. The number of nitrogens with one attached hydrogen (secondary N) is 1. The molecule has 5 heteroatoms. The van der Waals surface area contributed by atoms with Gasteiger partial charge in [0.25, 0.3) is 0 Å². The summed E-state index contributed by atoms with van der Waals surface area (Å²) in [5.74, 6) is -1.20. The van der Waals surface area contributed by atoms with Gasteiger partial charge in [-0.3, -0.25) is 9.59 Å². The molecule has 136 valence electrons. The summed E-state index contributed by atoms with van der Waals surface area (Å²) in [6, 6.07) is 12.9. The van der Waals surface area contributed by atoms with E-state index in [-0.39, 0.29) is 18.0 Å². The van der Waals surface area contributed by atoms with Crippen LogP contribution in [0.1, 0.15) is 38.9 Å². The summed E-state index contributed by atoms with van der Waals surface area (Å²) < 4.78 is 5.55. The quantitative estimate of drug-likeness (QED) is 0.857. The van der Waals surface area contributed by atoms with Gasteiger partial charge in [-0.15, -0.1) is 0 Å². The number of furan rings is 1. The predicted octanol–water partition coefficient (Wildman–Crippen LogP) is 3.68. The summed E-state index contributed by atoms with van der Waals surface area (Å²) >= 11 is 0. The highest BCUT2D eigenvalue weighted by Crippen LogP contribution is 2.47. The molecule has 0 spiro atoms. The van der Waals surface area contributed by atoms with Gasteiger partial charge in [0.05, 0.1) is 23.7 Å². The number of allylic oxidation sites excluding steroid dienone is 1. The first-order valence-electron chi connectivity index (χ1n) is 8.63. The highest BCUT2D eigenvalue weighted by atomic mass is 16.3. The number of carbonyl (C=O) groups is 2. The molecule has 1 aromatic carbocycles. The van der Waals surface area contributed by atoms with Gasteiger partial charge in [0.2, 0.25) is 0 Å². The Balaban J connectivity index is 2.18. The lowest BCUT2D eigenvalue weighted by Crippen LogP contribution is -2.48. The van der Waals surface area contributed by atoms with Crippen molar-refractivity contribution in [3.8, 4) is 0 Å². The predicted molar refractivity (Wildman–Crippen MR) is 98.6 cm³/mol. The van der Waals surface area contributed by atoms with Crippen molar-refractivity contribution in [1.29, 1.82) is 0 Å². The number of carbonyl (C=O) groups excluding carboxylic acids is 2. The largest absolute Gasteiger partial charge is 0.469 e. The van der Waals surface area contributed by atoms with Gasteiger partial charge in [-0.1, -0.05) is 18.2 Å². The van der Waals surface area contributed by atoms with Crippen molar-refractivity contribution in [3.05, 3.63) is 65.8 Å². The minimum absolute atomic E-state index is 0.147. The number of rotatable bonds is 5. The fourth-order valence-electron chi connectivity index (χ4n) is 3.96. The number of anilines is 1. The first-order valence-corrected chi connectivity index (χ1v) is 8.63. The highest BCUT2D eigenvalue weighted by Gasteiger charge is 2.50. The zero-order valence-electron chi connectivity index (χ0n) is 15.2. The van der Waals surface area contributed by atoms with Crippen molar-refractivity contribution >= 4 is 17.3 Å². The molecular formula is C21H23NO4. The normalized spacial score (nSPS) is 25.8. The molecular weight excluding hydrogens is 330 g/mol. The molecule has 1 heterocycles. The molecule has 1 aliphatic rings. The fourth-order valence-corrected chi connectivity index (χ4v) is 3.96. The molecule has 2 N–H and O–H groups in total. The second kappa shape index (κ2) is 6.92. The van der Waals surface area contributed by atoms with Crippen molar-refractivity contribution in [2.45, 2.75) is 38.7 Å². The second-order valence-electron chi connectivity index (χ2n) is 7.05. The molecule has 0 fully saturated rings. The van der Waals surface area contributed by atoms with E-state index in [0.29, 0.717) is 17.0 Å². The zero-order chi connectivity index (χ0) is 18.9. The molecule has 1 aliphatic carbocycles. The van der Waals surface area contributed by atoms with E-state index in [1.165, 1.54) is 20.1 Å². The molecule has 2 aromatic rings. The number of para-hydroxylation sites is 1. The molecule has 0 radical (unpaired) electrons. The van der Waals surface area contributed by atoms with Crippen LogP contribution in [0.4, 0.5) is 5.69 Å². The van der Waals surface area contributed by atoms with Crippen molar-refractivity contribution in [3.63, 3.8) is 0 Å². The number of Topliss-reactive ketones (excluding diaryl/α,β-unsaturated/α-hetero) is 2. The van der Waals surface area contributed by atoms with Crippen LogP contribution in [0.2, 0.25) is 0 Å². The van der Waals surface area contributed by atoms with E-state index in [1.54, 1.807) is 19.1 Å². The van der Waals surface area contributed by atoms with Gasteiger partial charge in [-0.05, 0) is 45.0 Å². The van der Waals surface area contributed by atoms with E-state index in [4.69, 9.17) is 4.42 Å². The van der Waals surface area contributed by atoms with E-state index in [1.807, 2.05) is 30.3 Å². The molecule has 3 atom stereocenters. The third-order valence-electron chi connectivity index (χ3n) is 4.91. The van der Waals surface area contributed by atoms with Gasteiger partial charge in [0.1, 0.15) is 11.5 Å². The van der Waals surface area contributed by atoms with E-state index in [2.05, 4.69) is 5.32 Å². The smallest absolute Gasteiger partial charge is 0.158 e. The lowest BCUT2D eigenvalue weighted by Gasteiger charge is -2.42. The molecule has 0 saturated heterocycles. The Bertz CT molecular complexity index is 834. The number of benzene rings is 1. The van der Waals surface area contributed by atoms with Gasteiger partial charge >= 0.3 is 0 Å². The van der Waals surface area contributed by atoms with Gasteiger partial charge in [-0.2, -0.15) is 0 Å². The topological polar surface area (TPSA) is 79.5 Å². The first-order chi connectivity index (χ1) is 12.3. The van der Waals surface area contributed by atoms with Crippen LogP contribution in [0.5, 0.6) is 0 Å². The van der Waals surface area contributed by atoms with Gasteiger partial charge in [-0.25, -0.2) is 0 Å². The van der Waals surface area contributed by atoms with Gasteiger partial charge in [0.15, 0.2) is 5.78 Å². The average molecular weight is 353 g/mol. The molecule has 1 aromatic heterocycles. The average Bonchev–Trinajstić information content (AvgIpc) is 3.07. The lowest BCUT2D eigenvalue weighted by atomic mass is 9.65. The molecule has 0 amide bonds. The maximum absolute atomic E-state index is 12.6. The van der Waals surface area contributed by atoms with Crippen molar-refractivity contribution in [2.75, 3.05) is 5.32 Å². The third kappa shape index (κ3) is 3.35. The van der Waals surface area contributed by atoms with Gasteiger partial charge in [0, 0.05) is 23.4 Å².